The zero-order valence-electron chi connectivity index (χ0n) is 15.0. The molecule has 0 bridgehead atoms. The molecule has 4 nitrogen and oxygen atoms in total. The molecule has 2 heterocycles. The number of rotatable bonds is 4. The van der Waals surface area contributed by atoms with Crippen molar-refractivity contribution in [2.45, 2.75) is 47.1 Å². The van der Waals surface area contributed by atoms with E-state index in [1.807, 2.05) is 26.0 Å². The highest BCUT2D eigenvalue weighted by Crippen LogP contribution is 2.37. The minimum absolute atomic E-state index is 0.0653. The maximum atomic E-state index is 13.0. The van der Waals surface area contributed by atoms with Crippen molar-refractivity contribution in [3.05, 3.63) is 43.9 Å². The van der Waals surface area contributed by atoms with Crippen molar-refractivity contribution in [1.82, 2.24) is 9.88 Å². The summed E-state index contributed by atoms with van der Waals surface area (Å²) in [5.41, 5.74) is 2.87. The quantitative estimate of drug-likeness (QED) is 0.826. The summed E-state index contributed by atoms with van der Waals surface area (Å²) in [5.74, 6) is 0.0664. The van der Waals surface area contributed by atoms with Gasteiger partial charge in [-0.15, -0.1) is 11.3 Å². The summed E-state index contributed by atoms with van der Waals surface area (Å²) in [6.07, 6.45) is 1.31. The van der Waals surface area contributed by atoms with Crippen LogP contribution in [0.5, 0.6) is 0 Å². The normalized spacial score (nSPS) is 16.0. The van der Waals surface area contributed by atoms with Gasteiger partial charge in [-0.25, -0.2) is 0 Å². The van der Waals surface area contributed by atoms with E-state index in [0.717, 1.165) is 32.5 Å². The number of fused-ring (bicyclic) bond motifs is 1. The van der Waals surface area contributed by atoms with E-state index in [9.17, 15) is 9.59 Å². The minimum atomic E-state index is -0.0696. The van der Waals surface area contributed by atoms with Crippen molar-refractivity contribution < 1.29 is 9.59 Å². The Morgan fingerprint density at radius 2 is 2.08 bits per heavy atom. The van der Waals surface area contributed by atoms with Gasteiger partial charge in [0.25, 0.3) is 5.91 Å². The van der Waals surface area contributed by atoms with Crippen LogP contribution in [0, 0.1) is 12.3 Å². The molecular formula is C19H23ClN2O2S. The van der Waals surface area contributed by atoms with E-state index in [1.165, 1.54) is 11.3 Å². The molecule has 0 saturated carbocycles. The Balaban J connectivity index is 1.90. The predicted octanol–water partition coefficient (Wildman–Crippen LogP) is 4.86. The number of carbonyl (C=O) groups excluding carboxylic acids is 2. The molecule has 1 amide bonds. The highest BCUT2D eigenvalue weighted by Gasteiger charge is 2.35. The average Bonchev–Trinajstić information content (AvgIpc) is 3.06. The van der Waals surface area contributed by atoms with Crippen molar-refractivity contribution in [2.24, 2.45) is 5.41 Å². The summed E-state index contributed by atoms with van der Waals surface area (Å²) in [6.45, 7) is 9.12. The van der Waals surface area contributed by atoms with E-state index in [1.54, 1.807) is 4.90 Å². The summed E-state index contributed by atoms with van der Waals surface area (Å²) in [7, 11) is 0. The molecule has 25 heavy (non-hydrogen) atoms. The molecule has 0 aliphatic heterocycles. The Kier molecular flexibility index (Phi) is 4.82. The molecule has 0 atom stereocenters. The molecule has 1 aliphatic carbocycles. The minimum Gasteiger partial charge on any atom is -0.354 e. The number of hydrogen-bond donors (Lipinski definition) is 1. The lowest BCUT2D eigenvalue weighted by Crippen LogP contribution is -2.30. The fourth-order valence-electron chi connectivity index (χ4n) is 3.56. The molecular weight excluding hydrogens is 356 g/mol. The summed E-state index contributed by atoms with van der Waals surface area (Å²) in [4.78, 5) is 31.7. The van der Waals surface area contributed by atoms with Gasteiger partial charge in [0.05, 0.1) is 10.9 Å². The van der Waals surface area contributed by atoms with Gasteiger partial charge in [-0.2, -0.15) is 0 Å². The van der Waals surface area contributed by atoms with Gasteiger partial charge in [0, 0.05) is 29.1 Å². The number of nitrogens with one attached hydrogen (secondary N) is 1. The van der Waals surface area contributed by atoms with Crippen LogP contribution in [-0.4, -0.2) is 28.1 Å². The van der Waals surface area contributed by atoms with Crippen LogP contribution in [0.2, 0.25) is 4.34 Å². The zero-order chi connectivity index (χ0) is 18.4. The number of halogens is 1. The Bertz CT molecular complexity index is 835. The summed E-state index contributed by atoms with van der Waals surface area (Å²) in [6, 6.07) is 3.79. The number of hydrogen-bond acceptors (Lipinski definition) is 3. The van der Waals surface area contributed by atoms with Gasteiger partial charge in [-0.3, -0.25) is 9.59 Å². The third kappa shape index (κ3) is 3.53. The Labute approximate surface area is 157 Å². The second-order valence-corrected chi connectivity index (χ2v) is 9.24. The van der Waals surface area contributed by atoms with E-state index in [2.05, 4.69) is 18.8 Å². The molecule has 3 rings (SSSR count). The predicted molar refractivity (Wildman–Crippen MR) is 102 cm³/mol. The monoisotopic (exact) mass is 378 g/mol. The molecule has 0 radical (unpaired) electrons. The second-order valence-electron chi connectivity index (χ2n) is 7.44. The molecule has 6 heteroatoms. The first kappa shape index (κ1) is 18.2. The lowest BCUT2D eigenvalue weighted by molar-refractivity contribution is 0.0747. The molecule has 0 aromatic carbocycles. The molecule has 1 aliphatic rings. The van der Waals surface area contributed by atoms with Gasteiger partial charge >= 0.3 is 0 Å². The zero-order valence-corrected chi connectivity index (χ0v) is 16.6. The Hall–Kier alpha value is -1.59. The van der Waals surface area contributed by atoms with Crippen LogP contribution in [0.1, 0.15) is 64.2 Å². The standard InChI is InChI=1S/C19H23ClN2O2S/c1-5-22(10-12-6-7-15(20)25-12)18(24)17-11(2)16-13(21-17)8-19(3,4)9-14(16)23/h6-7,21H,5,8-10H2,1-4H3. The summed E-state index contributed by atoms with van der Waals surface area (Å²) in [5, 5.41) is 0. The number of aromatic nitrogens is 1. The van der Waals surface area contributed by atoms with E-state index < -0.39 is 0 Å². The van der Waals surface area contributed by atoms with Crippen molar-refractivity contribution in [3.63, 3.8) is 0 Å². The van der Waals surface area contributed by atoms with Crippen LogP contribution < -0.4 is 0 Å². The number of aromatic amines is 1. The van der Waals surface area contributed by atoms with Gasteiger partial charge in [0.2, 0.25) is 0 Å². The second kappa shape index (κ2) is 6.61. The molecule has 134 valence electrons. The van der Waals surface area contributed by atoms with Crippen LogP contribution >= 0.6 is 22.9 Å². The SMILES string of the molecule is CCN(Cc1ccc(Cl)s1)C(=O)c1[nH]c2c(c1C)C(=O)CC(C)(C)C2. The smallest absolute Gasteiger partial charge is 0.270 e. The van der Waals surface area contributed by atoms with E-state index in [0.29, 0.717) is 25.2 Å². The van der Waals surface area contributed by atoms with Gasteiger partial charge < -0.3 is 9.88 Å². The van der Waals surface area contributed by atoms with Crippen molar-refractivity contribution >= 4 is 34.6 Å². The number of thiophene rings is 1. The number of amides is 1. The molecule has 0 saturated heterocycles. The Morgan fingerprint density at radius 1 is 1.36 bits per heavy atom. The van der Waals surface area contributed by atoms with Crippen LogP contribution in [-0.2, 0) is 13.0 Å². The third-order valence-corrected chi connectivity index (χ3v) is 5.98. The molecule has 2 aromatic heterocycles. The number of H-pyrrole nitrogens is 1. The lowest BCUT2D eigenvalue weighted by Gasteiger charge is -2.28. The van der Waals surface area contributed by atoms with Gasteiger partial charge in [0.1, 0.15) is 5.69 Å². The Morgan fingerprint density at radius 3 is 2.68 bits per heavy atom. The number of carbonyl (C=O) groups is 2. The fraction of sp³-hybridized carbons (Fsp3) is 0.474. The first-order chi connectivity index (χ1) is 11.7. The van der Waals surface area contributed by atoms with Crippen LogP contribution in [0.25, 0.3) is 0 Å². The first-order valence-corrected chi connectivity index (χ1v) is 9.69. The van der Waals surface area contributed by atoms with Crippen molar-refractivity contribution in [2.75, 3.05) is 6.54 Å². The van der Waals surface area contributed by atoms with Crippen LogP contribution in [0.4, 0.5) is 0 Å². The molecule has 0 spiro atoms. The third-order valence-electron chi connectivity index (χ3n) is 4.76. The van der Waals surface area contributed by atoms with E-state index in [-0.39, 0.29) is 17.1 Å². The summed E-state index contributed by atoms with van der Waals surface area (Å²) >= 11 is 7.47. The highest BCUT2D eigenvalue weighted by molar-refractivity contribution is 7.16. The molecule has 1 N–H and O–H groups in total. The van der Waals surface area contributed by atoms with Gasteiger partial charge in [0.15, 0.2) is 5.78 Å². The van der Waals surface area contributed by atoms with Crippen molar-refractivity contribution in [1.29, 1.82) is 0 Å². The summed E-state index contributed by atoms with van der Waals surface area (Å²) < 4.78 is 0.720. The van der Waals surface area contributed by atoms with E-state index >= 15 is 0 Å². The highest BCUT2D eigenvalue weighted by atomic mass is 35.5. The molecule has 0 fully saturated rings. The first-order valence-electron chi connectivity index (χ1n) is 8.50. The molecule has 0 unspecified atom stereocenters. The average molecular weight is 379 g/mol. The van der Waals surface area contributed by atoms with Crippen LogP contribution in [0.3, 0.4) is 0 Å². The largest absolute Gasteiger partial charge is 0.354 e. The molecule has 2 aromatic rings. The van der Waals surface area contributed by atoms with E-state index in [4.69, 9.17) is 11.6 Å². The fourth-order valence-corrected chi connectivity index (χ4v) is 4.66. The maximum Gasteiger partial charge on any atom is 0.270 e. The topological polar surface area (TPSA) is 53.2 Å². The number of nitrogens with zero attached hydrogens (tertiary/aromatic N) is 1. The number of ketones is 1. The lowest BCUT2D eigenvalue weighted by atomic mass is 9.75. The number of Topliss-reactive ketones (excluding diaryl/α,β-unsaturated/α-hetero) is 1. The van der Waals surface area contributed by atoms with Crippen LogP contribution in [0.15, 0.2) is 12.1 Å². The van der Waals surface area contributed by atoms with Gasteiger partial charge in [-0.1, -0.05) is 25.4 Å². The maximum absolute atomic E-state index is 13.0. The van der Waals surface area contributed by atoms with Crippen molar-refractivity contribution in [3.8, 4) is 0 Å². The van der Waals surface area contributed by atoms with Gasteiger partial charge in [-0.05, 0) is 43.4 Å².